The van der Waals surface area contributed by atoms with Crippen LogP contribution in [0, 0.1) is 0 Å². The van der Waals surface area contributed by atoms with Crippen LogP contribution in [0.2, 0.25) is 0 Å². The van der Waals surface area contributed by atoms with Crippen molar-refractivity contribution in [1.82, 2.24) is 10.9 Å². The minimum atomic E-state index is -4.75. The number of anilines is 2. The highest BCUT2D eigenvalue weighted by Gasteiger charge is 2.30. The highest BCUT2D eigenvalue weighted by atomic mass is 32.1. The number of nitrogens with one attached hydrogen (secondary N) is 4. The van der Waals surface area contributed by atoms with Gasteiger partial charge in [0.25, 0.3) is 5.91 Å². The van der Waals surface area contributed by atoms with Gasteiger partial charge in [-0.05, 0) is 48.6 Å². The van der Waals surface area contributed by atoms with Crippen LogP contribution in [0.25, 0.3) is 0 Å². The van der Waals surface area contributed by atoms with E-state index in [0.717, 1.165) is 12.1 Å². The average Bonchev–Trinajstić information content (AvgIpc) is 2.65. The molecule has 0 heterocycles. The Morgan fingerprint density at radius 2 is 1.75 bits per heavy atom. The van der Waals surface area contributed by atoms with Crippen molar-refractivity contribution < 1.29 is 27.4 Å². The molecular weight excluding hydrogens is 397 g/mol. The number of methoxy groups -OCH3 is 1. The summed E-state index contributed by atoms with van der Waals surface area (Å²) in [6.45, 7) is -0.0216. The van der Waals surface area contributed by atoms with Crippen molar-refractivity contribution in [2.45, 2.75) is 6.36 Å². The predicted octanol–water partition coefficient (Wildman–Crippen LogP) is 3.02. The summed E-state index contributed by atoms with van der Waals surface area (Å²) in [7, 11) is 1.54. The number of alkyl halides is 3. The van der Waals surface area contributed by atoms with E-state index in [2.05, 4.69) is 26.2 Å². The molecular formula is C17H17F3N4O3S. The van der Waals surface area contributed by atoms with Gasteiger partial charge in [0.15, 0.2) is 5.11 Å². The molecule has 7 nitrogen and oxygen atoms in total. The van der Waals surface area contributed by atoms with Crippen molar-refractivity contribution >= 4 is 34.6 Å². The van der Waals surface area contributed by atoms with Crippen LogP contribution in [-0.2, 0) is 4.79 Å². The first-order valence-electron chi connectivity index (χ1n) is 7.85. The number of hydrogen-bond acceptors (Lipinski definition) is 5. The van der Waals surface area contributed by atoms with Gasteiger partial charge in [-0.3, -0.25) is 15.6 Å². The lowest BCUT2D eigenvalue weighted by Gasteiger charge is -2.13. The first kappa shape index (κ1) is 21.1. The number of thiocarbonyl (C=S) groups is 1. The van der Waals surface area contributed by atoms with Gasteiger partial charge in [0.05, 0.1) is 13.7 Å². The number of hydrazine groups is 1. The lowest BCUT2D eigenvalue weighted by atomic mass is 10.3. The summed E-state index contributed by atoms with van der Waals surface area (Å²) in [5, 5.41) is 5.68. The van der Waals surface area contributed by atoms with E-state index in [1.807, 2.05) is 0 Å². The Labute approximate surface area is 164 Å². The van der Waals surface area contributed by atoms with Gasteiger partial charge >= 0.3 is 6.36 Å². The van der Waals surface area contributed by atoms with Gasteiger partial charge in [0.2, 0.25) is 0 Å². The fourth-order valence-corrected chi connectivity index (χ4v) is 2.16. The minimum absolute atomic E-state index is 0.0216. The molecule has 2 aromatic rings. The molecule has 0 saturated heterocycles. The van der Waals surface area contributed by atoms with E-state index >= 15 is 0 Å². The molecule has 0 aromatic heterocycles. The molecule has 28 heavy (non-hydrogen) atoms. The Bertz CT molecular complexity index is 816. The van der Waals surface area contributed by atoms with Gasteiger partial charge in [-0.25, -0.2) is 0 Å². The van der Waals surface area contributed by atoms with E-state index < -0.39 is 6.36 Å². The molecule has 0 spiro atoms. The molecule has 4 N–H and O–H groups in total. The Morgan fingerprint density at radius 3 is 2.39 bits per heavy atom. The Balaban J connectivity index is 1.73. The zero-order valence-corrected chi connectivity index (χ0v) is 15.4. The van der Waals surface area contributed by atoms with E-state index in [4.69, 9.17) is 17.0 Å². The van der Waals surface area contributed by atoms with E-state index in [0.29, 0.717) is 17.1 Å². The number of rotatable bonds is 6. The minimum Gasteiger partial charge on any atom is -0.497 e. The summed E-state index contributed by atoms with van der Waals surface area (Å²) in [4.78, 5) is 11.8. The average molecular weight is 414 g/mol. The third-order valence-corrected chi connectivity index (χ3v) is 3.39. The van der Waals surface area contributed by atoms with E-state index in [9.17, 15) is 18.0 Å². The SMILES string of the molecule is COc1cccc(NCC(=O)NNC(=S)Nc2ccc(OC(F)(F)F)cc2)c1. The summed E-state index contributed by atoms with van der Waals surface area (Å²) in [6.07, 6.45) is -4.75. The van der Waals surface area contributed by atoms with Crippen LogP contribution >= 0.6 is 12.2 Å². The standard InChI is InChI=1S/C17H17F3N4O3S/c1-26-14-4-2-3-12(9-14)21-10-15(25)23-24-16(28)22-11-5-7-13(8-6-11)27-17(18,19)20/h2-9,21H,10H2,1H3,(H,23,25)(H2,22,24,28). The number of carbonyl (C=O) groups excluding carboxylic acids is 1. The zero-order chi connectivity index (χ0) is 20.6. The van der Waals surface area contributed by atoms with Crippen LogP contribution in [-0.4, -0.2) is 31.0 Å². The number of ether oxygens (including phenoxy) is 2. The molecule has 0 aliphatic carbocycles. The second-order valence-electron chi connectivity index (χ2n) is 5.28. The fourth-order valence-electron chi connectivity index (χ4n) is 1.99. The van der Waals surface area contributed by atoms with E-state index in [1.165, 1.54) is 12.1 Å². The lowest BCUT2D eigenvalue weighted by Crippen LogP contribution is -2.45. The molecule has 2 aromatic carbocycles. The van der Waals surface area contributed by atoms with Crippen molar-refractivity contribution in [1.29, 1.82) is 0 Å². The molecule has 2 rings (SSSR count). The van der Waals surface area contributed by atoms with Crippen molar-refractivity contribution in [3.63, 3.8) is 0 Å². The summed E-state index contributed by atoms with van der Waals surface area (Å²) < 4.78 is 45.2. The Morgan fingerprint density at radius 1 is 1.04 bits per heavy atom. The Kier molecular flexibility index (Phi) is 7.27. The molecule has 11 heteroatoms. The van der Waals surface area contributed by atoms with Gasteiger partial charge in [0, 0.05) is 17.4 Å². The fraction of sp³-hybridized carbons (Fsp3) is 0.176. The number of carbonyl (C=O) groups is 1. The molecule has 0 saturated carbocycles. The highest BCUT2D eigenvalue weighted by molar-refractivity contribution is 7.80. The van der Waals surface area contributed by atoms with Gasteiger partial charge in [-0.2, -0.15) is 0 Å². The number of halogens is 3. The van der Waals surface area contributed by atoms with Crippen LogP contribution in [0.1, 0.15) is 0 Å². The summed E-state index contributed by atoms with van der Waals surface area (Å²) in [6, 6.07) is 12.0. The quantitative estimate of drug-likeness (QED) is 0.427. The summed E-state index contributed by atoms with van der Waals surface area (Å²) >= 11 is 5.00. The highest BCUT2D eigenvalue weighted by Crippen LogP contribution is 2.23. The van der Waals surface area contributed by atoms with Crippen molar-refractivity contribution in [2.24, 2.45) is 0 Å². The number of hydrogen-bond donors (Lipinski definition) is 4. The molecule has 150 valence electrons. The van der Waals surface area contributed by atoms with Crippen molar-refractivity contribution in [3.8, 4) is 11.5 Å². The van der Waals surface area contributed by atoms with Gasteiger partial charge in [0.1, 0.15) is 11.5 Å². The summed E-state index contributed by atoms with van der Waals surface area (Å²) in [5.74, 6) is -0.0877. The van der Waals surface area contributed by atoms with Gasteiger partial charge < -0.3 is 20.1 Å². The lowest BCUT2D eigenvalue weighted by molar-refractivity contribution is -0.274. The molecule has 0 bridgehead atoms. The molecule has 1 amide bonds. The van der Waals surface area contributed by atoms with E-state index in [-0.39, 0.29) is 23.3 Å². The topological polar surface area (TPSA) is 83.7 Å². The van der Waals surface area contributed by atoms with Crippen LogP contribution in [0.3, 0.4) is 0 Å². The second-order valence-corrected chi connectivity index (χ2v) is 5.69. The van der Waals surface area contributed by atoms with Gasteiger partial charge in [-0.15, -0.1) is 13.2 Å². The first-order chi connectivity index (χ1) is 13.2. The number of benzene rings is 2. The van der Waals surface area contributed by atoms with Crippen LogP contribution in [0.15, 0.2) is 48.5 Å². The normalized spacial score (nSPS) is 10.6. The van der Waals surface area contributed by atoms with Crippen LogP contribution in [0.5, 0.6) is 11.5 Å². The molecule has 0 aliphatic rings. The first-order valence-corrected chi connectivity index (χ1v) is 8.25. The van der Waals surface area contributed by atoms with Gasteiger partial charge in [-0.1, -0.05) is 6.07 Å². The zero-order valence-electron chi connectivity index (χ0n) is 14.6. The molecule has 0 unspecified atom stereocenters. The van der Waals surface area contributed by atoms with Crippen molar-refractivity contribution in [2.75, 3.05) is 24.3 Å². The predicted molar refractivity (Wildman–Crippen MR) is 102 cm³/mol. The molecule has 0 aliphatic heterocycles. The second kappa shape index (κ2) is 9.65. The molecule has 0 fully saturated rings. The van der Waals surface area contributed by atoms with Crippen molar-refractivity contribution in [3.05, 3.63) is 48.5 Å². The van der Waals surface area contributed by atoms with E-state index in [1.54, 1.807) is 31.4 Å². The molecule has 0 atom stereocenters. The third kappa shape index (κ3) is 7.58. The van der Waals surface area contributed by atoms with Crippen LogP contribution < -0.4 is 31.0 Å². The Hall–Kier alpha value is -3.21. The number of amides is 1. The van der Waals surface area contributed by atoms with Crippen LogP contribution in [0.4, 0.5) is 24.5 Å². The maximum atomic E-state index is 12.1. The maximum absolute atomic E-state index is 12.1. The largest absolute Gasteiger partial charge is 0.573 e. The smallest absolute Gasteiger partial charge is 0.497 e. The summed E-state index contributed by atoms with van der Waals surface area (Å²) in [5.41, 5.74) is 5.99. The molecule has 0 radical (unpaired) electrons. The maximum Gasteiger partial charge on any atom is 0.573 e. The third-order valence-electron chi connectivity index (χ3n) is 3.18. The monoisotopic (exact) mass is 414 g/mol.